The molecule has 0 aromatic heterocycles. The fourth-order valence-corrected chi connectivity index (χ4v) is 4.27. The largest absolute Gasteiger partial charge is 0.356 e. The lowest BCUT2D eigenvalue weighted by Gasteiger charge is -2.34. The van der Waals surface area contributed by atoms with Gasteiger partial charge in [-0.05, 0) is 25.8 Å². The van der Waals surface area contributed by atoms with Crippen LogP contribution in [0.25, 0.3) is 0 Å². The molecular weight excluding hydrogens is 340 g/mol. The van der Waals surface area contributed by atoms with Crippen LogP contribution in [0.2, 0.25) is 0 Å². The molecule has 1 heterocycles. The normalized spacial score (nSPS) is 22.5. The second-order valence-electron chi connectivity index (χ2n) is 8.70. The van der Waals surface area contributed by atoms with E-state index in [4.69, 9.17) is 0 Å². The minimum absolute atomic E-state index is 0.242. The molecule has 1 saturated heterocycles. The Balaban J connectivity index is 1.77. The molecule has 1 aliphatic heterocycles. The molecule has 2 aliphatic rings. The second-order valence-corrected chi connectivity index (χ2v) is 8.70. The van der Waals surface area contributed by atoms with E-state index in [0.717, 1.165) is 70.9 Å². The van der Waals surface area contributed by atoms with E-state index >= 15 is 0 Å². The first kappa shape index (κ1) is 22.0. The Morgan fingerprint density at radius 3 is 2.33 bits per heavy atom. The molecule has 27 heavy (non-hydrogen) atoms. The van der Waals surface area contributed by atoms with Gasteiger partial charge in [0, 0.05) is 67.0 Å². The first-order valence-electron chi connectivity index (χ1n) is 10.4. The zero-order valence-corrected chi connectivity index (χ0v) is 18.1. The molecule has 156 valence electrons. The third kappa shape index (κ3) is 6.35. The quantitative estimate of drug-likeness (QED) is 0.502. The Hall–Kier alpha value is -1.34. The fourth-order valence-electron chi connectivity index (χ4n) is 4.27. The fraction of sp³-hybridized carbons (Fsp3) is 0.900. The average molecular weight is 381 g/mol. The van der Waals surface area contributed by atoms with E-state index in [2.05, 4.69) is 39.4 Å². The summed E-state index contributed by atoms with van der Waals surface area (Å²) < 4.78 is 0. The summed E-state index contributed by atoms with van der Waals surface area (Å²) in [7, 11) is 7.71. The molecule has 1 aliphatic carbocycles. The van der Waals surface area contributed by atoms with E-state index in [1.54, 1.807) is 11.9 Å². The highest BCUT2D eigenvalue weighted by molar-refractivity contribution is 5.85. The van der Waals surface area contributed by atoms with Gasteiger partial charge in [-0.2, -0.15) is 0 Å². The van der Waals surface area contributed by atoms with Crippen molar-refractivity contribution in [2.24, 2.45) is 16.3 Å². The highest BCUT2D eigenvalue weighted by atomic mass is 16.2. The van der Waals surface area contributed by atoms with Gasteiger partial charge in [0.15, 0.2) is 5.96 Å². The van der Waals surface area contributed by atoms with Crippen LogP contribution < -0.4 is 10.6 Å². The van der Waals surface area contributed by atoms with Crippen LogP contribution in [0.15, 0.2) is 4.99 Å². The van der Waals surface area contributed by atoms with Crippen LogP contribution in [0.3, 0.4) is 0 Å². The van der Waals surface area contributed by atoms with Crippen molar-refractivity contribution in [1.29, 1.82) is 0 Å². The van der Waals surface area contributed by atoms with E-state index in [-0.39, 0.29) is 11.3 Å². The van der Waals surface area contributed by atoms with Crippen molar-refractivity contribution >= 4 is 11.9 Å². The van der Waals surface area contributed by atoms with Crippen LogP contribution in [0.5, 0.6) is 0 Å². The van der Waals surface area contributed by atoms with Crippen molar-refractivity contribution in [1.82, 2.24) is 25.3 Å². The summed E-state index contributed by atoms with van der Waals surface area (Å²) in [5.74, 6) is 1.60. The minimum atomic E-state index is -0.271. The van der Waals surface area contributed by atoms with Crippen molar-refractivity contribution in [3.63, 3.8) is 0 Å². The zero-order chi connectivity index (χ0) is 19.9. The van der Waals surface area contributed by atoms with E-state index in [0.29, 0.717) is 12.5 Å². The van der Waals surface area contributed by atoms with Crippen molar-refractivity contribution in [3.05, 3.63) is 0 Å². The van der Waals surface area contributed by atoms with Gasteiger partial charge in [-0.3, -0.25) is 9.79 Å². The minimum Gasteiger partial charge on any atom is -0.356 e. The molecule has 7 nitrogen and oxygen atoms in total. The number of nitrogens with zero attached hydrogens (tertiary/aromatic N) is 4. The zero-order valence-electron chi connectivity index (χ0n) is 18.1. The van der Waals surface area contributed by atoms with Gasteiger partial charge >= 0.3 is 0 Å². The van der Waals surface area contributed by atoms with Crippen LogP contribution in [-0.4, -0.2) is 101 Å². The summed E-state index contributed by atoms with van der Waals surface area (Å²) in [4.78, 5) is 23.7. The smallest absolute Gasteiger partial charge is 0.230 e. The number of rotatable bonds is 7. The lowest BCUT2D eigenvalue weighted by atomic mass is 9.84. The highest BCUT2D eigenvalue weighted by Gasteiger charge is 2.42. The Kier molecular flexibility index (Phi) is 8.35. The highest BCUT2D eigenvalue weighted by Crippen LogP contribution is 2.38. The van der Waals surface area contributed by atoms with E-state index in [9.17, 15) is 4.79 Å². The Labute approximate surface area is 165 Å². The summed E-state index contributed by atoms with van der Waals surface area (Å²) in [5, 5.41) is 6.88. The number of carbonyl (C=O) groups is 1. The second kappa shape index (κ2) is 10.3. The average Bonchev–Trinajstić information content (AvgIpc) is 3.13. The topological polar surface area (TPSA) is 63.2 Å². The maximum atomic E-state index is 12.7. The predicted molar refractivity (Wildman–Crippen MR) is 112 cm³/mol. The monoisotopic (exact) mass is 380 g/mol. The van der Waals surface area contributed by atoms with E-state index in [1.165, 1.54) is 0 Å². The molecule has 0 aromatic rings. The molecule has 0 radical (unpaired) electrons. The number of hydrogen-bond donors (Lipinski definition) is 2. The lowest BCUT2D eigenvalue weighted by molar-refractivity contribution is -0.138. The number of likely N-dealkylation sites (N-methyl/N-ethyl adjacent to an activating group) is 1. The van der Waals surface area contributed by atoms with Gasteiger partial charge in [-0.1, -0.05) is 19.8 Å². The van der Waals surface area contributed by atoms with E-state index < -0.39 is 0 Å². The van der Waals surface area contributed by atoms with Crippen LogP contribution in [0.4, 0.5) is 0 Å². The number of carbonyl (C=O) groups excluding carboxylic acids is 1. The standard InChI is InChI=1S/C20H40N6O/c1-17(15-26-12-10-25(5)11-13-26)14-22-19(21-2)23-16-20(8-6-7-9-20)18(27)24(3)4/h17H,6-16H2,1-5H3,(H2,21,22,23). The number of amides is 1. The first-order valence-corrected chi connectivity index (χ1v) is 10.4. The number of guanidine groups is 1. The molecule has 1 saturated carbocycles. The van der Waals surface area contributed by atoms with Gasteiger partial charge in [0.05, 0.1) is 5.41 Å². The predicted octanol–water partition coefficient (Wildman–Crippen LogP) is 0.684. The van der Waals surface area contributed by atoms with Gasteiger partial charge < -0.3 is 25.3 Å². The third-order valence-electron chi connectivity index (χ3n) is 6.02. The third-order valence-corrected chi connectivity index (χ3v) is 6.02. The molecule has 7 heteroatoms. The van der Waals surface area contributed by atoms with Crippen molar-refractivity contribution < 1.29 is 4.79 Å². The Morgan fingerprint density at radius 1 is 1.15 bits per heavy atom. The first-order chi connectivity index (χ1) is 12.9. The summed E-state index contributed by atoms with van der Waals surface area (Å²) in [5.41, 5.74) is -0.271. The molecule has 2 N–H and O–H groups in total. The maximum Gasteiger partial charge on any atom is 0.230 e. The van der Waals surface area contributed by atoms with E-state index in [1.807, 2.05) is 14.1 Å². The SMILES string of the molecule is CN=C(NCC(C)CN1CCN(C)CC1)NCC1(C(=O)N(C)C)CCCC1. The van der Waals surface area contributed by atoms with Gasteiger partial charge in [0.2, 0.25) is 5.91 Å². The molecule has 1 unspecified atom stereocenters. The van der Waals surface area contributed by atoms with Crippen molar-refractivity contribution in [3.8, 4) is 0 Å². The molecule has 0 bridgehead atoms. The van der Waals surface area contributed by atoms with Crippen LogP contribution >= 0.6 is 0 Å². The summed E-state index contributed by atoms with van der Waals surface area (Å²) in [6.45, 7) is 9.58. The summed E-state index contributed by atoms with van der Waals surface area (Å²) in [6.07, 6.45) is 4.20. The molecule has 1 atom stereocenters. The number of nitrogens with one attached hydrogen (secondary N) is 2. The maximum absolute atomic E-state index is 12.7. The molecular formula is C20H40N6O. The molecule has 0 spiro atoms. The summed E-state index contributed by atoms with van der Waals surface area (Å²) in [6, 6.07) is 0. The molecule has 2 rings (SSSR count). The molecule has 0 aromatic carbocycles. The number of hydrogen-bond acceptors (Lipinski definition) is 4. The van der Waals surface area contributed by atoms with Crippen molar-refractivity contribution in [2.75, 3.05) is 74.0 Å². The van der Waals surface area contributed by atoms with Crippen LogP contribution in [0.1, 0.15) is 32.6 Å². The molecule has 1 amide bonds. The Bertz CT molecular complexity index is 493. The van der Waals surface area contributed by atoms with Gasteiger partial charge in [-0.15, -0.1) is 0 Å². The molecule has 2 fully saturated rings. The van der Waals surface area contributed by atoms with Gasteiger partial charge in [0.25, 0.3) is 0 Å². The number of piperazine rings is 1. The summed E-state index contributed by atoms with van der Waals surface area (Å²) >= 11 is 0. The van der Waals surface area contributed by atoms with Crippen LogP contribution in [0, 0.1) is 11.3 Å². The van der Waals surface area contributed by atoms with Gasteiger partial charge in [-0.25, -0.2) is 0 Å². The number of aliphatic imine (C=N–C) groups is 1. The lowest BCUT2D eigenvalue weighted by Crippen LogP contribution is -2.50. The van der Waals surface area contributed by atoms with Gasteiger partial charge in [0.1, 0.15) is 0 Å². The van der Waals surface area contributed by atoms with Crippen molar-refractivity contribution in [2.45, 2.75) is 32.6 Å². The Morgan fingerprint density at radius 2 is 1.78 bits per heavy atom. The van der Waals surface area contributed by atoms with Crippen LogP contribution in [-0.2, 0) is 4.79 Å².